The molecule has 2 aromatic rings. The maximum Gasteiger partial charge on any atom is 0.123 e. The summed E-state index contributed by atoms with van der Waals surface area (Å²) >= 11 is 0. The Morgan fingerprint density at radius 2 is 2.09 bits per heavy atom. The summed E-state index contributed by atoms with van der Waals surface area (Å²) in [5.41, 5.74) is 2.87. The molecular formula is C15H19ClFN3O2. The van der Waals surface area contributed by atoms with Gasteiger partial charge in [0.05, 0.1) is 37.8 Å². The Bertz CT molecular complexity index is 570. The Balaban J connectivity index is 0.00000176. The Morgan fingerprint density at radius 3 is 2.82 bits per heavy atom. The van der Waals surface area contributed by atoms with Gasteiger partial charge in [-0.25, -0.2) is 4.39 Å². The smallest absolute Gasteiger partial charge is 0.123 e. The SMILES string of the molecule is Cl.Fc1ccc(-c2[nH]ncc2CNCC2COCCO2)cc1. The highest BCUT2D eigenvalue weighted by molar-refractivity contribution is 5.85. The number of rotatable bonds is 5. The fourth-order valence-electron chi connectivity index (χ4n) is 2.33. The van der Waals surface area contributed by atoms with Crippen molar-refractivity contribution in [1.29, 1.82) is 0 Å². The minimum absolute atomic E-state index is 0. The average Bonchev–Trinajstić information content (AvgIpc) is 2.98. The predicted octanol–water partition coefficient (Wildman–Crippen LogP) is 2.14. The zero-order chi connectivity index (χ0) is 14.5. The van der Waals surface area contributed by atoms with E-state index >= 15 is 0 Å². The molecule has 0 amide bonds. The minimum Gasteiger partial charge on any atom is -0.376 e. The van der Waals surface area contributed by atoms with Crippen LogP contribution >= 0.6 is 12.4 Å². The van der Waals surface area contributed by atoms with Crippen molar-refractivity contribution in [2.75, 3.05) is 26.4 Å². The van der Waals surface area contributed by atoms with Crippen LogP contribution < -0.4 is 5.32 Å². The molecule has 0 radical (unpaired) electrons. The van der Waals surface area contributed by atoms with Crippen molar-refractivity contribution >= 4 is 12.4 Å². The number of aromatic nitrogens is 2. The number of hydrogen-bond acceptors (Lipinski definition) is 4. The number of nitrogens with one attached hydrogen (secondary N) is 2. The molecule has 1 atom stereocenters. The Hall–Kier alpha value is -1.47. The summed E-state index contributed by atoms with van der Waals surface area (Å²) in [5, 5.41) is 10.4. The van der Waals surface area contributed by atoms with Crippen LogP contribution in [0.2, 0.25) is 0 Å². The molecule has 1 aliphatic rings. The molecular weight excluding hydrogens is 309 g/mol. The molecule has 0 saturated carbocycles. The molecule has 1 aromatic heterocycles. The first kappa shape index (κ1) is 16.9. The van der Waals surface area contributed by atoms with E-state index in [4.69, 9.17) is 9.47 Å². The van der Waals surface area contributed by atoms with Crippen LogP contribution in [0, 0.1) is 5.82 Å². The van der Waals surface area contributed by atoms with Crippen LogP contribution in [0.3, 0.4) is 0 Å². The Labute approximate surface area is 134 Å². The summed E-state index contributed by atoms with van der Waals surface area (Å²) in [4.78, 5) is 0. The molecule has 22 heavy (non-hydrogen) atoms. The zero-order valence-electron chi connectivity index (χ0n) is 12.0. The number of halogens is 2. The van der Waals surface area contributed by atoms with Gasteiger partial charge in [0.2, 0.25) is 0 Å². The number of H-pyrrole nitrogens is 1. The standard InChI is InChI=1S/C15H18FN3O2.ClH/c16-13-3-1-11(2-4-13)15-12(8-18-19-15)7-17-9-14-10-20-5-6-21-14;/h1-4,8,14,17H,5-7,9-10H2,(H,18,19);1H. The molecule has 120 valence electrons. The van der Waals surface area contributed by atoms with Crippen LogP contribution in [0.1, 0.15) is 5.56 Å². The van der Waals surface area contributed by atoms with E-state index in [-0.39, 0.29) is 24.3 Å². The lowest BCUT2D eigenvalue weighted by Gasteiger charge is -2.23. The number of benzene rings is 1. The third-order valence-electron chi connectivity index (χ3n) is 3.42. The summed E-state index contributed by atoms with van der Waals surface area (Å²) in [7, 11) is 0. The molecule has 0 aliphatic carbocycles. The summed E-state index contributed by atoms with van der Waals surface area (Å²) in [6.07, 6.45) is 1.88. The normalized spacial score (nSPS) is 18.0. The van der Waals surface area contributed by atoms with Crippen molar-refractivity contribution < 1.29 is 13.9 Å². The van der Waals surface area contributed by atoms with E-state index in [1.807, 2.05) is 0 Å². The van der Waals surface area contributed by atoms with Gasteiger partial charge in [-0.2, -0.15) is 5.10 Å². The average molecular weight is 328 g/mol. The third-order valence-corrected chi connectivity index (χ3v) is 3.42. The van der Waals surface area contributed by atoms with Crippen LogP contribution in [-0.4, -0.2) is 42.7 Å². The van der Waals surface area contributed by atoms with E-state index in [1.54, 1.807) is 18.3 Å². The summed E-state index contributed by atoms with van der Waals surface area (Å²) in [5.74, 6) is -0.243. The van der Waals surface area contributed by atoms with E-state index in [1.165, 1.54) is 12.1 Å². The molecule has 1 saturated heterocycles. The maximum absolute atomic E-state index is 13.0. The Kier molecular flexibility index (Phi) is 6.33. The third kappa shape index (κ3) is 4.27. The molecule has 1 aromatic carbocycles. The van der Waals surface area contributed by atoms with Gasteiger partial charge in [0.1, 0.15) is 5.82 Å². The maximum atomic E-state index is 13.0. The molecule has 3 rings (SSSR count). The van der Waals surface area contributed by atoms with Crippen molar-refractivity contribution in [2.45, 2.75) is 12.6 Å². The van der Waals surface area contributed by atoms with Crippen molar-refractivity contribution in [1.82, 2.24) is 15.5 Å². The van der Waals surface area contributed by atoms with Crippen molar-refractivity contribution in [3.05, 3.63) is 41.8 Å². The van der Waals surface area contributed by atoms with E-state index < -0.39 is 0 Å². The largest absolute Gasteiger partial charge is 0.376 e. The summed E-state index contributed by atoms with van der Waals surface area (Å²) < 4.78 is 23.9. The lowest BCUT2D eigenvalue weighted by molar-refractivity contribution is -0.0864. The monoisotopic (exact) mass is 327 g/mol. The van der Waals surface area contributed by atoms with Gasteiger partial charge in [-0.1, -0.05) is 0 Å². The highest BCUT2D eigenvalue weighted by Crippen LogP contribution is 2.21. The second-order valence-electron chi connectivity index (χ2n) is 4.98. The van der Waals surface area contributed by atoms with Crippen molar-refractivity contribution in [2.24, 2.45) is 0 Å². The molecule has 1 unspecified atom stereocenters. The molecule has 2 heterocycles. The van der Waals surface area contributed by atoms with Crippen LogP contribution in [0.15, 0.2) is 30.5 Å². The summed E-state index contributed by atoms with van der Waals surface area (Å²) in [6, 6.07) is 6.37. The van der Waals surface area contributed by atoms with E-state index in [0.717, 1.165) is 23.4 Å². The van der Waals surface area contributed by atoms with E-state index in [9.17, 15) is 4.39 Å². The second-order valence-corrected chi connectivity index (χ2v) is 4.98. The number of ether oxygens (including phenoxy) is 2. The fourth-order valence-corrected chi connectivity index (χ4v) is 2.33. The second kappa shape index (κ2) is 8.24. The quantitative estimate of drug-likeness (QED) is 0.883. The molecule has 0 bridgehead atoms. The molecule has 1 aliphatic heterocycles. The highest BCUT2D eigenvalue weighted by Gasteiger charge is 2.14. The van der Waals surface area contributed by atoms with Gasteiger partial charge in [-0.05, 0) is 24.3 Å². The Morgan fingerprint density at radius 1 is 1.27 bits per heavy atom. The van der Waals surface area contributed by atoms with Crippen LogP contribution in [-0.2, 0) is 16.0 Å². The zero-order valence-corrected chi connectivity index (χ0v) is 12.9. The first-order chi connectivity index (χ1) is 10.3. The van der Waals surface area contributed by atoms with Crippen LogP contribution in [0.25, 0.3) is 11.3 Å². The lowest BCUT2D eigenvalue weighted by atomic mass is 10.1. The number of aromatic amines is 1. The van der Waals surface area contributed by atoms with Gasteiger partial charge in [-0.15, -0.1) is 12.4 Å². The number of hydrogen-bond donors (Lipinski definition) is 2. The highest BCUT2D eigenvalue weighted by atomic mass is 35.5. The van der Waals surface area contributed by atoms with Gasteiger partial charge in [0, 0.05) is 24.2 Å². The van der Waals surface area contributed by atoms with E-state index in [0.29, 0.717) is 26.4 Å². The number of nitrogens with zero attached hydrogens (tertiary/aromatic N) is 1. The van der Waals surface area contributed by atoms with Crippen molar-refractivity contribution in [3.63, 3.8) is 0 Å². The summed E-state index contributed by atoms with van der Waals surface area (Å²) in [6.45, 7) is 3.35. The molecule has 2 N–H and O–H groups in total. The fraction of sp³-hybridized carbons (Fsp3) is 0.400. The molecule has 5 nitrogen and oxygen atoms in total. The van der Waals surface area contributed by atoms with Gasteiger partial charge in [0.15, 0.2) is 0 Å². The van der Waals surface area contributed by atoms with Gasteiger partial charge in [-0.3, -0.25) is 5.10 Å². The van der Waals surface area contributed by atoms with Crippen LogP contribution in [0.5, 0.6) is 0 Å². The predicted molar refractivity (Wildman–Crippen MR) is 83.5 cm³/mol. The molecule has 1 fully saturated rings. The molecule has 7 heteroatoms. The minimum atomic E-state index is -0.243. The lowest BCUT2D eigenvalue weighted by Crippen LogP contribution is -2.37. The van der Waals surface area contributed by atoms with E-state index in [2.05, 4.69) is 15.5 Å². The molecule has 0 spiro atoms. The first-order valence-electron chi connectivity index (χ1n) is 7.01. The van der Waals surface area contributed by atoms with Gasteiger partial charge < -0.3 is 14.8 Å². The van der Waals surface area contributed by atoms with Crippen LogP contribution in [0.4, 0.5) is 4.39 Å². The van der Waals surface area contributed by atoms with Gasteiger partial charge in [0.25, 0.3) is 0 Å². The topological polar surface area (TPSA) is 59.2 Å². The van der Waals surface area contributed by atoms with Crippen molar-refractivity contribution in [3.8, 4) is 11.3 Å². The first-order valence-corrected chi connectivity index (χ1v) is 7.01. The van der Waals surface area contributed by atoms with Gasteiger partial charge >= 0.3 is 0 Å².